The van der Waals surface area contributed by atoms with Gasteiger partial charge >= 0.3 is 5.97 Å². The highest BCUT2D eigenvalue weighted by Gasteiger charge is 2.24. The molecule has 0 aliphatic heterocycles. The highest BCUT2D eigenvalue weighted by molar-refractivity contribution is 7.18. The number of amides is 1. The molecule has 4 rings (SSSR count). The molecule has 0 bridgehead atoms. The minimum absolute atomic E-state index is 0.117. The minimum Gasteiger partial charge on any atom is -0.462 e. The number of esters is 1. The van der Waals surface area contributed by atoms with Crippen LogP contribution in [0.4, 0.5) is 5.69 Å². The molecule has 1 amide bonds. The number of anilines is 1. The van der Waals surface area contributed by atoms with Gasteiger partial charge in [-0.05, 0) is 68.9 Å². The summed E-state index contributed by atoms with van der Waals surface area (Å²) in [6.45, 7) is 5.91. The van der Waals surface area contributed by atoms with Crippen molar-refractivity contribution in [2.24, 2.45) is 5.92 Å². The fourth-order valence-corrected chi connectivity index (χ4v) is 5.38. The highest BCUT2D eigenvalue weighted by Crippen LogP contribution is 2.35. The summed E-state index contributed by atoms with van der Waals surface area (Å²) in [5, 5.41) is 3.45. The number of hydrogen-bond donors (Lipinski definition) is 1. The van der Waals surface area contributed by atoms with E-state index < -0.39 is 5.97 Å². The van der Waals surface area contributed by atoms with E-state index in [-0.39, 0.29) is 18.0 Å². The zero-order chi connectivity index (χ0) is 22.1. The van der Waals surface area contributed by atoms with Gasteiger partial charge < -0.3 is 10.1 Å². The van der Waals surface area contributed by atoms with E-state index in [2.05, 4.69) is 17.2 Å². The van der Waals surface area contributed by atoms with Crippen LogP contribution in [0.3, 0.4) is 0 Å². The molecule has 0 saturated heterocycles. The van der Waals surface area contributed by atoms with Gasteiger partial charge in [-0.15, -0.1) is 11.3 Å². The SMILES string of the molecule is CCOC(=O)c1ccc(NC(=O)Cn2c(C)nc3sc4c(c3c2=O)CCC(C)C4)cc1. The number of nitrogens with zero attached hydrogens (tertiary/aromatic N) is 2. The highest BCUT2D eigenvalue weighted by atomic mass is 32.1. The predicted octanol–water partition coefficient (Wildman–Crippen LogP) is 3.71. The predicted molar refractivity (Wildman–Crippen MR) is 121 cm³/mol. The van der Waals surface area contributed by atoms with Crippen molar-refractivity contribution in [1.29, 1.82) is 0 Å². The van der Waals surface area contributed by atoms with Crippen LogP contribution < -0.4 is 10.9 Å². The van der Waals surface area contributed by atoms with Gasteiger partial charge in [0.15, 0.2) is 0 Å². The lowest BCUT2D eigenvalue weighted by molar-refractivity contribution is -0.116. The van der Waals surface area contributed by atoms with E-state index in [1.54, 1.807) is 49.4 Å². The smallest absolute Gasteiger partial charge is 0.338 e. The van der Waals surface area contributed by atoms with Crippen molar-refractivity contribution in [1.82, 2.24) is 9.55 Å². The molecule has 0 fully saturated rings. The number of aromatic nitrogens is 2. The molecule has 1 aliphatic carbocycles. The second kappa shape index (κ2) is 8.63. The van der Waals surface area contributed by atoms with Gasteiger partial charge in [0, 0.05) is 10.6 Å². The topological polar surface area (TPSA) is 90.3 Å². The molecule has 1 aliphatic rings. The van der Waals surface area contributed by atoms with Gasteiger partial charge in [-0.2, -0.15) is 0 Å². The first-order valence-electron chi connectivity index (χ1n) is 10.5. The van der Waals surface area contributed by atoms with Gasteiger partial charge in [0.25, 0.3) is 5.56 Å². The van der Waals surface area contributed by atoms with E-state index in [9.17, 15) is 14.4 Å². The Morgan fingerprint density at radius 1 is 1.29 bits per heavy atom. The van der Waals surface area contributed by atoms with Crippen molar-refractivity contribution in [3.05, 3.63) is 56.4 Å². The third kappa shape index (κ3) is 4.25. The molecule has 3 aromatic rings. The Hall–Kier alpha value is -3.00. The number of thiophene rings is 1. The van der Waals surface area contributed by atoms with E-state index >= 15 is 0 Å². The summed E-state index contributed by atoms with van der Waals surface area (Å²) >= 11 is 1.61. The number of ether oxygens (including phenoxy) is 1. The summed E-state index contributed by atoms with van der Waals surface area (Å²) in [5.74, 6) is 0.408. The second-order valence-corrected chi connectivity index (χ2v) is 9.01. The maximum Gasteiger partial charge on any atom is 0.338 e. The molecule has 2 aromatic heterocycles. The van der Waals surface area contributed by atoms with Gasteiger partial charge in [-0.1, -0.05) is 6.92 Å². The number of aryl methyl sites for hydroxylation is 2. The van der Waals surface area contributed by atoms with Crippen LogP contribution in [-0.4, -0.2) is 28.0 Å². The molecule has 31 heavy (non-hydrogen) atoms. The number of fused-ring (bicyclic) bond motifs is 3. The number of carbonyl (C=O) groups excluding carboxylic acids is 2. The summed E-state index contributed by atoms with van der Waals surface area (Å²) in [7, 11) is 0. The molecule has 7 nitrogen and oxygen atoms in total. The van der Waals surface area contributed by atoms with Gasteiger partial charge in [-0.25, -0.2) is 9.78 Å². The van der Waals surface area contributed by atoms with Crippen molar-refractivity contribution in [3.8, 4) is 0 Å². The van der Waals surface area contributed by atoms with Crippen molar-refractivity contribution in [3.63, 3.8) is 0 Å². The fraction of sp³-hybridized carbons (Fsp3) is 0.391. The van der Waals surface area contributed by atoms with Crippen molar-refractivity contribution in [2.45, 2.75) is 46.6 Å². The number of hydrogen-bond acceptors (Lipinski definition) is 6. The molecule has 1 N–H and O–H groups in total. The van der Waals surface area contributed by atoms with Gasteiger partial charge in [-0.3, -0.25) is 14.2 Å². The van der Waals surface area contributed by atoms with Crippen LogP contribution in [0.15, 0.2) is 29.1 Å². The monoisotopic (exact) mass is 439 g/mol. The van der Waals surface area contributed by atoms with Gasteiger partial charge in [0.1, 0.15) is 17.2 Å². The Balaban J connectivity index is 1.55. The van der Waals surface area contributed by atoms with Crippen molar-refractivity contribution < 1.29 is 14.3 Å². The average molecular weight is 440 g/mol. The largest absolute Gasteiger partial charge is 0.462 e. The molecule has 8 heteroatoms. The summed E-state index contributed by atoms with van der Waals surface area (Å²) in [6, 6.07) is 6.46. The molecule has 162 valence electrons. The maximum atomic E-state index is 13.2. The first-order valence-corrected chi connectivity index (χ1v) is 11.3. The minimum atomic E-state index is -0.407. The molecular weight excluding hydrogens is 414 g/mol. The third-order valence-electron chi connectivity index (χ3n) is 5.59. The summed E-state index contributed by atoms with van der Waals surface area (Å²) in [4.78, 5) is 44.3. The molecule has 1 unspecified atom stereocenters. The van der Waals surface area contributed by atoms with E-state index in [0.29, 0.717) is 35.0 Å². The molecule has 0 spiro atoms. The van der Waals surface area contributed by atoms with Crippen LogP contribution in [-0.2, 0) is 28.9 Å². The first-order chi connectivity index (χ1) is 14.9. The standard InChI is InChI=1S/C23H25N3O4S/c1-4-30-23(29)15-6-8-16(9-7-15)25-19(27)12-26-14(3)24-21-20(22(26)28)17-10-5-13(2)11-18(17)31-21/h6-9,13H,4-5,10-12H2,1-3H3,(H,25,27). The normalized spacial score (nSPS) is 15.5. The van der Waals surface area contributed by atoms with Crippen LogP contribution in [0.1, 0.15) is 46.9 Å². The Bertz CT molecular complexity index is 1210. The summed E-state index contributed by atoms with van der Waals surface area (Å²) in [5.41, 5.74) is 1.92. The van der Waals surface area contributed by atoms with E-state index in [4.69, 9.17) is 4.74 Å². The maximum absolute atomic E-state index is 13.2. The fourth-order valence-electron chi connectivity index (χ4n) is 3.96. The Morgan fingerprint density at radius 3 is 2.74 bits per heavy atom. The van der Waals surface area contributed by atoms with Crippen LogP contribution in [0.2, 0.25) is 0 Å². The van der Waals surface area contributed by atoms with Crippen molar-refractivity contribution >= 4 is 39.1 Å². The molecule has 1 aromatic carbocycles. The lowest BCUT2D eigenvalue weighted by Gasteiger charge is -2.17. The Morgan fingerprint density at radius 2 is 2.03 bits per heavy atom. The molecule has 1 atom stereocenters. The van der Waals surface area contributed by atoms with E-state index in [1.807, 2.05) is 0 Å². The van der Waals surface area contributed by atoms with Gasteiger partial charge in [0.2, 0.25) is 5.91 Å². The van der Waals surface area contributed by atoms with Gasteiger partial charge in [0.05, 0.1) is 17.6 Å². The Labute approximate surface area is 184 Å². The quantitative estimate of drug-likeness (QED) is 0.612. The summed E-state index contributed by atoms with van der Waals surface area (Å²) in [6.07, 6.45) is 2.93. The van der Waals surface area contributed by atoms with Crippen LogP contribution in [0, 0.1) is 12.8 Å². The zero-order valence-corrected chi connectivity index (χ0v) is 18.7. The number of carbonyl (C=O) groups is 2. The number of rotatable bonds is 5. The van der Waals surface area contributed by atoms with Crippen LogP contribution in [0.25, 0.3) is 10.2 Å². The Kier molecular flexibility index (Phi) is 5.91. The molecule has 0 saturated carbocycles. The van der Waals surface area contributed by atoms with Crippen LogP contribution in [0.5, 0.6) is 0 Å². The second-order valence-electron chi connectivity index (χ2n) is 7.93. The molecular formula is C23H25N3O4S. The average Bonchev–Trinajstić information content (AvgIpc) is 3.08. The first kappa shape index (κ1) is 21.2. The lowest BCUT2D eigenvalue weighted by Crippen LogP contribution is -2.30. The summed E-state index contributed by atoms with van der Waals surface area (Å²) < 4.78 is 6.40. The number of nitrogens with one attached hydrogen (secondary N) is 1. The molecule has 2 heterocycles. The van der Waals surface area contributed by atoms with Crippen molar-refractivity contribution in [2.75, 3.05) is 11.9 Å². The third-order valence-corrected chi connectivity index (χ3v) is 6.74. The van der Waals surface area contributed by atoms with E-state index in [1.165, 1.54) is 9.44 Å². The molecule has 0 radical (unpaired) electrons. The van der Waals surface area contributed by atoms with E-state index in [0.717, 1.165) is 29.7 Å². The lowest BCUT2D eigenvalue weighted by atomic mass is 9.89. The van der Waals surface area contributed by atoms with Crippen LogP contribution >= 0.6 is 11.3 Å². The zero-order valence-electron chi connectivity index (χ0n) is 17.9. The number of benzene rings is 1.